The van der Waals surface area contributed by atoms with Crippen LogP contribution in [0.25, 0.3) is 0 Å². The van der Waals surface area contributed by atoms with Crippen LogP contribution in [-0.2, 0) is 9.53 Å². The van der Waals surface area contributed by atoms with Gasteiger partial charge in [-0.05, 0) is 44.4 Å². The van der Waals surface area contributed by atoms with Crippen LogP contribution in [0.5, 0.6) is 0 Å². The topological polar surface area (TPSA) is 78.9 Å². The maximum atomic E-state index is 12.5. The van der Waals surface area contributed by atoms with Gasteiger partial charge in [0.05, 0.1) is 6.10 Å². The lowest BCUT2D eigenvalue weighted by Crippen LogP contribution is -2.53. The highest BCUT2D eigenvalue weighted by Crippen LogP contribution is 2.28. The molecule has 2 fully saturated rings. The molecule has 0 aromatic carbocycles. The zero-order valence-electron chi connectivity index (χ0n) is 14.4. The van der Waals surface area contributed by atoms with Crippen LogP contribution < -0.4 is 5.32 Å². The number of rotatable bonds is 8. The molecule has 136 valence electrons. The molecule has 0 aromatic rings. The fourth-order valence-corrected chi connectivity index (χ4v) is 3.63. The molecule has 2 atom stereocenters. The van der Waals surface area contributed by atoms with Crippen molar-refractivity contribution in [2.75, 3.05) is 19.7 Å². The van der Waals surface area contributed by atoms with Crippen molar-refractivity contribution in [3.05, 3.63) is 12.7 Å². The minimum absolute atomic E-state index is 0.0454. The summed E-state index contributed by atoms with van der Waals surface area (Å²) < 4.78 is 5.83. The molecule has 0 radical (unpaired) electrons. The Kier molecular flexibility index (Phi) is 7.56. The van der Waals surface area contributed by atoms with Crippen molar-refractivity contribution < 1.29 is 19.4 Å². The fraction of sp³-hybridized carbons (Fsp3) is 0.778. The lowest BCUT2D eigenvalue weighted by molar-refractivity contribution is -0.140. The molecule has 1 aliphatic carbocycles. The van der Waals surface area contributed by atoms with Gasteiger partial charge in [0.2, 0.25) is 0 Å². The van der Waals surface area contributed by atoms with E-state index in [2.05, 4.69) is 11.9 Å². The van der Waals surface area contributed by atoms with Gasteiger partial charge in [-0.15, -0.1) is 6.58 Å². The largest absolute Gasteiger partial charge is 0.480 e. The molecule has 2 aliphatic rings. The summed E-state index contributed by atoms with van der Waals surface area (Å²) in [5.74, 6) is -0.869. The number of hydrogen-bond acceptors (Lipinski definition) is 3. The third-order valence-corrected chi connectivity index (χ3v) is 4.99. The fourth-order valence-electron chi connectivity index (χ4n) is 3.63. The summed E-state index contributed by atoms with van der Waals surface area (Å²) in [7, 11) is 0. The molecule has 24 heavy (non-hydrogen) atoms. The molecule has 2 N–H and O–H groups in total. The van der Waals surface area contributed by atoms with E-state index < -0.39 is 12.0 Å². The van der Waals surface area contributed by atoms with E-state index in [9.17, 15) is 14.7 Å². The molecule has 2 rings (SSSR count). The standard InChI is InChI=1S/C18H30N2O4/c1-2-3-6-12-24-15-10-7-11-20(13-15)18(23)19-16(17(21)22)14-8-4-5-9-14/h2,14-16H,1,3-13H2,(H,19,23)(H,21,22)/t15-,16+/m1/s1. The summed E-state index contributed by atoms with van der Waals surface area (Å²) in [4.78, 5) is 25.7. The Hall–Kier alpha value is -1.56. The second-order valence-electron chi connectivity index (χ2n) is 6.82. The average molecular weight is 338 g/mol. The number of carbonyl (C=O) groups excluding carboxylic acids is 1. The van der Waals surface area contributed by atoms with Gasteiger partial charge in [0.25, 0.3) is 0 Å². The number of nitrogens with zero attached hydrogens (tertiary/aromatic N) is 1. The molecular formula is C18H30N2O4. The Morgan fingerprint density at radius 1 is 1.29 bits per heavy atom. The van der Waals surface area contributed by atoms with Crippen molar-refractivity contribution in [1.29, 1.82) is 0 Å². The SMILES string of the molecule is C=CCCCO[C@@H]1CCCN(C(=O)N[C@H](C(=O)O)C2CCCC2)C1. The molecule has 0 bridgehead atoms. The van der Waals surface area contributed by atoms with E-state index >= 15 is 0 Å². The van der Waals surface area contributed by atoms with E-state index in [0.717, 1.165) is 51.4 Å². The Balaban J connectivity index is 1.81. The van der Waals surface area contributed by atoms with Crippen molar-refractivity contribution >= 4 is 12.0 Å². The first-order valence-electron chi connectivity index (χ1n) is 9.12. The number of piperidine rings is 1. The summed E-state index contributed by atoms with van der Waals surface area (Å²) in [6.07, 6.45) is 9.49. The second kappa shape index (κ2) is 9.67. The van der Waals surface area contributed by atoms with Crippen molar-refractivity contribution in [3.63, 3.8) is 0 Å². The summed E-state index contributed by atoms with van der Waals surface area (Å²) >= 11 is 0. The first-order valence-corrected chi connectivity index (χ1v) is 9.12. The lowest BCUT2D eigenvalue weighted by atomic mass is 9.98. The lowest BCUT2D eigenvalue weighted by Gasteiger charge is -2.34. The second-order valence-corrected chi connectivity index (χ2v) is 6.82. The van der Waals surface area contributed by atoms with Gasteiger partial charge in [-0.3, -0.25) is 0 Å². The van der Waals surface area contributed by atoms with Gasteiger partial charge < -0.3 is 20.1 Å². The van der Waals surface area contributed by atoms with Crippen LogP contribution in [0, 0.1) is 5.92 Å². The number of nitrogens with one attached hydrogen (secondary N) is 1. The molecule has 1 saturated heterocycles. The maximum Gasteiger partial charge on any atom is 0.326 e. The molecular weight excluding hydrogens is 308 g/mol. The minimum Gasteiger partial charge on any atom is -0.480 e. The third kappa shape index (κ3) is 5.51. The summed E-state index contributed by atoms with van der Waals surface area (Å²) in [6.45, 7) is 5.56. The summed E-state index contributed by atoms with van der Waals surface area (Å²) in [5.41, 5.74) is 0. The van der Waals surface area contributed by atoms with Gasteiger partial charge in [-0.25, -0.2) is 9.59 Å². The third-order valence-electron chi connectivity index (χ3n) is 4.99. The molecule has 6 heteroatoms. The molecule has 0 aromatic heterocycles. The van der Waals surface area contributed by atoms with Crippen LogP contribution in [0.15, 0.2) is 12.7 Å². The van der Waals surface area contributed by atoms with E-state index in [-0.39, 0.29) is 18.1 Å². The van der Waals surface area contributed by atoms with Crippen molar-refractivity contribution in [1.82, 2.24) is 10.2 Å². The van der Waals surface area contributed by atoms with E-state index in [4.69, 9.17) is 4.74 Å². The number of unbranched alkanes of at least 4 members (excludes halogenated alkanes) is 1. The summed E-state index contributed by atoms with van der Waals surface area (Å²) in [5, 5.41) is 12.2. The first kappa shape index (κ1) is 18.8. The highest BCUT2D eigenvalue weighted by atomic mass is 16.5. The van der Waals surface area contributed by atoms with E-state index in [1.807, 2.05) is 6.08 Å². The van der Waals surface area contributed by atoms with Gasteiger partial charge >= 0.3 is 12.0 Å². The number of urea groups is 1. The van der Waals surface area contributed by atoms with E-state index in [1.165, 1.54) is 0 Å². The van der Waals surface area contributed by atoms with Crippen LogP contribution in [0.4, 0.5) is 4.79 Å². The normalized spacial score (nSPS) is 23.0. The first-order chi connectivity index (χ1) is 11.6. The van der Waals surface area contributed by atoms with E-state index in [0.29, 0.717) is 19.7 Å². The van der Waals surface area contributed by atoms with Crippen molar-refractivity contribution in [2.45, 2.75) is 63.5 Å². The Bertz CT molecular complexity index is 435. The van der Waals surface area contributed by atoms with Gasteiger partial charge in [0, 0.05) is 19.7 Å². The molecule has 2 amide bonds. The minimum atomic E-state index is -0.926. The van der Waals surface area contributed by atoms with Crippen LogP contribution >= 0.6 is 0 Å². The summed E-state index contributed by atoms with van der Waals surface area (Å²) in [6, 6.07) is -1.04. The number of ether oxygens (including phenoxy) is 1. The van der Waals surface area contributed by atoms with E-state index in [1.54, 1.807) is 4.90 Å². The van der Waals surface area contributed by atoms with Crippen molar-refractivity contribution in [2.24, 2.45) is 5.92 Å². The molecule has 1 heterocycles. The Morgan fingerprint density at radius 3 is 2.71 bits per heavy atom. The number of hydrogen-bond donors (Lipinski definition) is 2. The number of carboxylic acids is 1. The highest BCUT2D eigenvalue weighted by Gasteiger charge is 2.34. The quantitative estimate of drug-likeness (QED) is 0.527. The van der Waals surface area contributed by atoms with Crippen LogP contribution in [0.1, 0.15) is 51.4 Å². The number of amides is 2. The number of carbonyl (C=O) groups is 2. The van der Waals surface area contributed by atoms with Crippen LogP contribution in [0.3, 0.4) is 0 Å². The zero-order chi connectivity index (χ0) is 17.4. The number of likely N-dealkylation sites (tertiary alicyclic amines) is 1. The molecule has 1 saturated carbocycles. The molecule has 6 nitrogen and oxygen atoms in total. The smallest absolute Gasteiger partial charge is 0.326 e. The Labute approximate surface area is 144 Å². The van der Waals surface area contributed by atoms with Crippen molar-refractivity contribution in [3.8, 4) is 0 Å². The van der Waals surface area contributed by atoms with Gasteiger partial charge in [-0.2, -0.15) is 0 Å². The average Bonchev–Trinajstić information content (AvgIpc) is 3.10. The number of aliphatic carboxylic acids is 1. The predicted molar refractivity (Wildman–Crippen MR) is 91.9 cm³/mol. The number of allylic oxidation sites excluding steroid dienone is 1. The monoisotopic (exact) mass is 338 g/mol. The number of carboxylic acid groups (broad SMARTS) is 1. The molecule has 1 aliphatic heterocycles. The van der Waals surface area contributed by atoms with Gasteiger partial charge in [0.1, 0.15) is 6.04 Å². The highest BCUT2D eigenvalue weighted by molar-refractivity contribution is 5.83. The molecule has 0 unspecified atom stereocenters. The zero-order valence-corrected chi connectivity index (χ0v) is 14.4. The molecule has 0 spiro atoms. The van der Waals surface area contributed by atoms with Gasteiger partial charge in [0.15, 0.2) is 0 Å². The van der Waals surface area contributed by atoms with Crippen LogP contribution in [0.2, 0.25) is 0 Å². The van der Waals surface area contributed by atoms with Crippen LogP contribution in [-0.4, -0.2) is 53.8 Å². The Morgan fingerprint density at radius 2 is 2.04 bits per heavy atom. The predicted octanol–water partition coefficient (Wildman–Crippen LogP) is 2.79. The maximum absolute atomic E-state index is 12.5. The van der Waals surface area contributed by atoms with Gasteiger partial charge in [-0.1, -0.05) is 18.9 Å².